The van der Waals surface area contributed by atoms with E-state index in [9.17, 15) is 22.8 Å². The number of halogens is 3. The maximum Gasteiger partial charge on any atom is 0.418 e. The molecule has 0 aliphatic carbocycles. The van der Waals surface area contributed by atoms with Gasteiger partial charge < -0.3 is 15.4 Å². The van der Waals surface area contributed by atoms with Crippen molar-refractivity contribution in [2.24, 2.45) is 0 Å². The van der Waals surface area contributed by atoms with Crippen molar-refractivity contribution in [3.8, 4) is 11.4 Å². The van der Waals surface area contributed by atoms with Crippen LogP contribution in [0.3, 0.4) is 0 Å². The topological polar surface area (TPSA) is 98.1 Å². The van der Waals surface area contributed by atoms with E-state index in [2.05, 4.69) is 20.8 Å². The minimum Gasteiger partial charge on any atom is -0.484 e. The van der Waals surface area contributed by atoms with Gasteiger partial charge in [0, 0.05) is 5.69 Å². The number of hydrogen-bond donors (Lipinski definition) is 2. The minimum atomic E-state index is -4.60. The van der Waals surface area contributed by atoms with Crippen molar-refractivity contribution >= 4 is 29.3 Å². The number of thioether (sulfide) groups is 1. The highest BCUT2D eigenvalue weighted by atomic mass is 32.2. The number of alkyl halides is 3. The van der Waals surface area contributed by atoms with Crippen LogP contribution in [0.1, 0.15) is 11.4 Å². The molecule has 2 N–H and O–H groups in total. The van der Waals surface area contributed by atoms with Crippen LogP contribution >= 0.6 is 11.8 Å². The van der Waals surface area contributed by atoms with Crippen molar-refractivity contribution in [1.82, 2.24) is 20.1 Å². The molecule has 8 nitrogen and oxygen atoms in total. The summed E-state index contributed by atoms with van der Waals surface area (Å²) >= 11 is 1.00. The third-order valence-corrected chi connectivity index (χ3v) is 6.04. The summed E-state index contributed by atoms with van der Waals surface area (Å²) in [6, 6.07) is 22.7. The van der Waals surface area contributed by atoms with Gasteiger partial charge in [0.25, 0.3) is 5.91 Å². The van der Waals surface area contributed by atoms with Crippen molar-refractivity contribution in [2.45, 2.75) is 17.9 Å². The summed E-state index contributed by atoms with van der Waals surface area (Å²) < 4.78 is 46.8. The Morgan fingerprint density at radius 1 is 0.868 bits per heavy atom. The molecule has 0 aliphatic heterocycles. The first-order chi connectivity index (χ1) is 18.3. The van der Waals surface area contributed by atoms with Gasteiger partial charge >= 0.3 is 6.18 Å². The zero-order valence-corrected chi connectivity index (χ0v) is 20.6. The number of ether oxygens (including phenoxy) is 1. The van der Waals surface area contributed by atoms with Crippen molar-refractivity contribution in [1.29, 1.82) is 0 Å². The maximum atomic E-state index is 13.2. The molecule has 196 valence electrons. The molecule has 12 heteroatoms. The molecule has 3 aromatic carbocycles. The number of carbonyl (C=O) groups is 2. The molecule has 0 bridgehead atoms. The zero-order valence-electron chi connectivity index (χ0n) is 19.8. The van der Waals surface area contributed by atoms with E-state index in [0.717, 1.165) is 17.8 Å². The fraction of sp³-hybridized carbons (Fsp3) is 0.154. The summed E-state index contributed by atoms with van der Waals surface area (Å²) in [6.45, 7) is -0.157. The maximum absolute atomic E-state index is 13.2. The molecule has 1 heterocycles. The summed E-state index contributed by atoms with van der Waals surface area (Å²) in [7, 11) is 0. The molecular weight excluding hydrogens is 519 g/mol. The highest BCUT2D eigenvalue weighted by Crippen LogP contribution is 2.34. The van der Waals surface area contributed by atoms with Gasteiger partial charge in [-0.15, -0.1) is 10.2 Å². The third kappa shape index (κ3) is 7.13. The highest BCUT2D eigenvalue weighted by molar-refractivity contribution is 7.99. The van der Waals surface area contributed by atoms with Crippen LogP contribution < -0.4 is 15.4 Å². The van der Waals surface area contributed by atoms with Gasteiger partial charge in [-0.2, -0.15) is 13.2 Å². The number of para-hydroxylation sites is 3. The third-order valence-electron chi connectivity index (χ3n) is 5.11. The first-order valence-electron chi connectivity index (χ1n) is 11.3. The largest absolute Gasteiger partial charge is 0.484 e. The highest BCUT2D eigenvalue weighted by Gasteiger charge is 2.33. The van der Waals surface area contributed by atoms with E-state index in [1.165, 1.54) is 18.2 Å². The average Bonchev–Trinajstić information content (AvgIpc) is 3.33. The summed E-state index contributed by atoms with van der Waals surface area (Å²) in [5, 5.41) is 13.7. The molecule has 0 unspecified atom stereocenters. The van der Waals surface area contributed by atoms with E-state index >= 15 is 0 Å². The number of benzene rings is 3. The van der Waals surface area contributed by atoms with Crippen LogP contribution in [0.4, 0.5) is 18.9 Å². The lowest BCUT2D eigenvalue weighted by molar-refractivity contribution is -0.137. The molecule has 0 saturated heterocycles. The predicted octanol–water partition coefficient (Wildman–Crippen LogP) is 4.71. The minimum absolute atomic E-state index is 0.0323. The lowest BCUT2D eigenvalue weighted by Crippen LogP contribution is -2.29. The lowest BCUT2D eigenvalue weighted by Gasteiger charge is -2.14. The van der Waals surface area contributed by atoms with E-state index < -0.39 is 17.6 Å². The lowest BCUT2D eigenvalue weighted by atomic mass is 10.1. The van der Waals surface area contributed by atoms with Gasteiger partial charge in [0.2, 0.25) is 5.91 Å². The molecule has 38 heavy (non-hydrogen) atoms. The molecule has 1 aromatic heterocycles. The Labute approximate surface area is 220 Å². The summed E-state index contributed by atoms with van der Waals surface area (Å²) in [4.78, 5) is 24.8. The van der Waals surface area contributed by atoms with Gasteiger partial charge in [-0.3, -0.25) is 14.2 Å². The molecule has 4 rings (SSSR count). The molecule has 0 spiro atoms. The van der Waals surface area contributed by atoms with Crippen molar-refractivity contribution in [3.05, 3.63) is 96.3 Å². The van der Waals surface area contributed by atoms with E-state index in [0.29, 0.717) is 22.4 Å². The molecule has 0 radical (unpaired) electrons. The van der Waals surface area contributed by atoms with Crippen LogP contribution in [-0.4, -0.2) is 38.9 Å². The van der Waals surface area contributed by atoms with E-state index in [4.69, 9.17) is 4.74 Å². The molecule has 0 fully saturated rings. The number of amides is 2. The SMILES string of the molecule is O=C(COc1ccccc1)NCc1nnc(SCC(=O)Nc2ccccc2C(F)(F)F)n1-c1ccccc1. The van der Waals surface area contributed by atoms with E-state index in [1.54, 1.807) is 53.1 Å². The van der Waals surface area contributed by atoms with Crippen LogP contribution in [0.2, 0.25) is 0 Å². The number of hydrogen-bond acceptors (Lipinski definition) is 6. The summed E-state index contributed by atoms with van der Waals surface area (Å²) in [6.07, 6.45) is -4.60. The number of aromatic nitrogens is 3. The van der Waals surface area contributed by atoms with Gasteiger partial charge in [-0.25, -0.2) is 0 Å². The molecular formula is C26H22F3N5O3S. The Morgan fingerprint density at radius 3 is 2.24 bits per heavy atom. The van der Waals surface area contributed by atoms with Crippen LogP contribution in [0.5, 0.6) is 5.75 Å². The van der Waals surface area contributed by atoms with Crippen LogP contribution in [0.25, 0.3) is 5.69 Å². The quantitative estimate of drug-likeness (QED) is 0.282. The fourth-order valence-corrected chi connectivity index (χ4v) is 4.17. The molecule has 2 amide bonds. The number of anilines is 1. The molecule has 0 saturated carbocycles. The number of carbonyl (C=O) groups excluding carboxylic acids is 2. The molecule has 4 aromatic rings. The van der Waals surface area contributed by atoms with Gasteiger partial charge in [0.1, 0.15) is 5.75 Å². The summed E-state index contributed by atoms with van der Waals surface area (Å²) in [5.41, 5.74) is -0.566. The Balaban J connectivity index is 1.42. The standard InChI is InChI=1S/C26H22F3N5O3S/c27-26(28,29)20-13-7-8-14-21(20)31-24(36)17-38-25-33-32-22(34(25)18-9-3-1-4-10-18)15-30-23(35)16-37-19-11-5-2-6-12-19/h1-14H,15-17H2,(H,30,35)(H,31,36). The van der Waals surface area contributed by atoms with Crippen LogP contribution in [-0.2, 0) is 22.3 Å². The Hall–Kier alpha value is -4.32. The molecule has 0 aliphatic rings. The second kappa shape index (κ2) is 12.3. The first-order valence-corrected chi connectivity index (χ1v) is 12.3. The Bertz CT molecular complexity index is 1380. The van der Waals surface area contributed by atoms with Crippen molar-refractivity contribution in [3.63, 3.8) is 0 Å². The Kier molecular flexibility index (Phi) is 8.64. The first kappa shape index (κ1) is 26.7. The van der Waals surface area contributed by atoms with Gasteiger partial charge in [-0.05, 0) is 36.4 Å². The van der Waals surface area contributed by atoms with Crippen molar-refractivity contribution in [2.75, 3.05) is 17.7 Å². The normalized spacial score (nSPS) is 11.1. The predicted molar refractivity (Wildman–Crippen MR) is 136 cm³/mol. The average molecular weight is 542 g/mol. The van der Waals surface area contributed by atoms with Gasteiger partial charge in [0.05, 0.1) is 23.5 Å². The second-order valence-corrected chi connectivity index (χ2v) is 8.77. The van der Waals surface area contributed by atoms with E-state index in [-0.39, 0.29) is 30.5 Å². The summed E-state index contributed by atoms with van der Waals surface area (Å²) in [5.74, 6) is -0.260. The fourth-order valence-electron chi connectivity index (χ4n) is 3.39. The smallest absolute Gasteiger partial charge is 0.418 e. The monoisotopic (exact) mass is 541 g/mol. The Morgan fingerprint density at radius 2 is 1.53 bits per heavy atom. The number of nitrogens with zero attached hydrogens (tertiary/aromatic N) is 3. The zero-order chi connectivity index (χ0) is 27.0. The van der Waals surface area contributed by atoms with Crippen molar-refractivity contribution < 1.29 is 27.5 Å². The molecule has 0 atom stereocenters. The van der Waals surface area contributed by atoms with Crippen LogP contribution in [0, 0.1) is 0 Å². The van der Waals surface area contributed by atoms with E-state index in [1.807, 2.05) is 12.1 Å². The number of rotatable bonds is 10. The van der Waals surface area contributed by atoms with Gasteiger partial charge in [-0.1, -0.05) is 60.3 Å². The van der Waals surface area contributed by atoms with Gasteiger partial charge in [0.15, 0.2) is 17.6 Å². The second-order valence-electron chi connectivity index (χ2n) is 7.83. The van der Waals surface area contributed by atoms with Crippen LogP contribution in [0.15, 0.2) is 90.1 Å². The number of nitrogens with one attached hydrogen (secondary N) is 2.